The van der Waals surface area contributed by atoms with E-state index in [1.54, 1.807) is 6.07 Å². The van der Waals surface area contributed by atoms with Crippen LogP contribution in [0, 0.1) is 17.0 Å². The Labute approximate surface area is 248 Å². The molecule has 1 aliphatic heterocycles. The molecule has 4 N–H and O–H groups in total. The molecule has 0 radical (unpaired) electrons. The molecular formula is C31H43N7O4. The van der Waals surface area contributed by atoms with Gasteiger partial charge in [0.25, 0.3) is 5.82 Å². The standard InChI is InChI=1S/C31H43N7O4/c1-30(2,3)27-21-29(35-42-27)38(39)23-33-25-10-7-24(8-11-25)9-12-26-22-36(5)28(34-26)13-14-31(4,32)41-18-6-15-37-16-19-40-20-17-37/h7-8,10-11,13-14,21-22,33,38H,6,15-20,23,32H2,1-5H3/b14-13-. The molecule has 1 fully saturated rings. The van der Waals surface area contributed by atoms with Crippen molar-refractivity contribution in [2.75, 3.05) is 51.4 Å². The average molecular weight is 578 g/mol. The predicted octanol–water partition coefficient (Wildman–Crippen LogP) is 2.62. The molecule has 0 spiro atoms. The Morgan fingerprint density at radius 3 is 2.60 bits per heavy atom. The first kappa shape index (κ1) is 31.4. The van der Waals surface area contributed by atoms with Crippen LogP contribution in [0.5, 0.6) is 0 Å². The van der Waals surface area contributed by atoms with E-state index in [1.165, 1.54) is 0 Å². The second kappa shape index (κ2) is 14.1. The fourth-order valence-electron chi connectivity index (χ4n) is 4.23. The average Bonchev–Trinajstić information content (AvgIpc) is 3.60. The number of ether oxygens (including phenoxy) is 2. The molecule has 0 bridgehead atoms. The lowest BCUT2D eigenvalue weighted by Crippen LogP contribution is -3.03. The third-order valence-electron chi connectivity index (χ3n) is 6.82. The number of hydroxylamine groups is 1. The molecule has 42 heavy (non-hydrogen) atoms. The fraction of sp³-hybridized carbons (Fsp3) is 0.484. The van der Waals surface area contributed by atoms with Crippen LogP contribution in [-0.2, 0) is 21.9 Å². The van der Waals surface area contributed by atoms with Gasteiger partial charge in [0.2, 0.25) is 0 Å². The van der Waals surface area contributed by atoms with E-state index in [1.807, 2.05) is 81.9 Å². The molecule has 1 aromatic carbocycles. The van der Waals surface area contributed by atoms with E-state index in [4.69, 9.17) is 19.7 Å². The first-order chi connectivity index (χ1) is 20.0. The number of hydrogen-bond donors (Lipinski definition) is 3. The number of rotatable bonds is 11. The number of hydrogen-bond acceptors (Lipinski definition) is 9. The molecule has 0 aliphatic carbocycles. The molecule has 2 atom stereocenters. The van der Waals surface area contributed by atoms with Gasteiger partial charge in [0.05, 0.1) is 25.9 Å². The molecule has 3 heterocycles. The van der Waals surface area contributed by atoms with Gasteiger partial charge in [-0.3, -0.25) is 4.90 Å². The SMILES string of the molecule is Cn1cc(C#Cc2ccc(NC[NH+]([O-])c3cc(C(C)(C)C)on3)cc2)nc1/C=C\C(C)(N)OCCCN1CCOCC1. The molecule has 226 valence electrons. The summed E-state index contributed by atoms with van der Waals surface area (Å²) >= 11 is 0. The van der Waals surface area contributed by atoms with Crippen molar-refractivity contribution in [1.29, 1.82) is 0 Å². The van der Waals surface area contributed by atoms with Crippen LogP contribution in [-0.4, -0.2) is 71.5 Å². The number of anilines is 1. The van der Waals surface area contributed by atoms with E-state index in [9.17, 15) is 5.21 Å². The van der Waals surface area contributed by atoms with E-state index >= 15 is 0 Å². The highest BCUT2D eigenvalue weighted by Gasteiger charge is 2.22. The van der Waals surface area contributed by atoms with Gasteiger partial charge < -0.3 is 39.9 Å². The van der Waals surface area contributed by atoms with Crippen LogP contribution >= 0.6 is 0 Å². The Morgan fingerprint density at radius 1 is 1.17 bits per heavy atom. The first-order valence-electron chi connectivity index (χ1n) is 14.3. The van der Waals surface area contributed by atoms with Crippen molar-refractivity contribution >= 4 is 17.6 Å². The lowest BCUT2D eigenvalue weighted by molar-refractivity contribution is -0.775. The number of quaternary nitrogens is 1. The number of aromatic nitrogens is 3. The quantitative estimate of drug-likeness (QED) is 0.136. The summed E-state index contributed by atoms with van der Waals surface area (Å²) in [5, 5.41) is 19.4. The Hall–Kier alpha value is -3.50. The smallest absolute Gasteiger partial charge is 0.266 e. The number of nitrogens with zero attached hydrogens (tertiary/aromatic N) is 4. The topological polar surface area (TPSA) is 131 Å². The summed E-state index contributed by atoms with van der Waals surface area (Å²) in [7, 11) is 1.92. The van der Waals surface area contributed by atoms with Crippen molar-refractivity contribution in [2.45, 2.75) is 45.3 Å². The molecule has 3 aromatic rings. The molecule has 1 aliphatic rings. The number of benzene rings is 1. The summed E-state index contributed by atoms with van der Waals surface area (Å²) in [6.07, 6.45) is 6.47. The Balaban J connectivity index is 1.25. The highest BCUT2D eigenvalue weighted by molar-refractivity contribution is 5.50. The van der Waals surface area contributed by atoms with Gasteiger partial charge in [-0.25, -0.2) is 4.98 Å². The number of imidazole rings is 1. The normalized spacial score (nSPS) is 16.6. The van der Waals surface area contributed by atoms with Gasteiger partial charge in [0, 0.05) is 49.5 Å². The minimum atomic E-state index is -0.895. The highest BCUT2D eigenvalue weighted by Crippen LogP contribution is 2.23. The van der Waals surface area contributed by atoms with Crippen molar-refractivity contribution in [1.82, 2.24) is 19.6 Å². The van der Waals surface area contributed by atoms with Crippen LogP contribution in [0.25, 0.3) is 6.08 Å². The minimum absolute atomic E-state index is 0.118. The van der Waals surface area contributed by atoms with Gasteiger partial charge in [-0.15, -0.1) is 0 Å². The maximum atomic E-state index is 12.5. The van der Waals surface area contributed by atoms with Crippen LogP contribution in [0.3, 0.4) is 0 Å². The van der Waals surface area contributed by atoms with Crippen LogP contribution in [0.2, 0.25) is 0 Å². The predicted molar refractivity (Wildman–Crippen MR) is 163 cm³/mol. The molecule has 0 amide bonds. The van der Waals surface area contributed by atoms with Crippen molar-refractivity contribution in [2.24, 2.45) is 12.8 Å². The Kier molecular flexibility index (Phi) is 10.6. The van der Waals surface area contributed by atoms with Crippen LogP contribution in [0.15, 0.2) is 47.1 Å². The van der Waals surface area contributed by atoms with Crippen molar-refractivity contribution in [3.8, 4) is 11.8 Å². The molecule has 11 nitrogen and oxygen atoms in total. The molecular weight excluding hydrogens is 534 g/mol. The first-order valence-corrected chi connectivity index (χ1v) is 14.3. The van der Waals surface area contributed by atoms with E-state index in [2.05, 4.69) is 32.2 Å². The lowest BCUT2D eigenvalue weighted by atomic mass is 9.93. The maximum absolute atomic E-state index is 12.5. The van der Waals surface area contributed by atoms with Crippen molar-refractivity contribution in [3.05, 3.63) is 70.7 Å². The Morgan fingerprint density at radius 2 is 1.90 bits per heavy atom. The van der Waals surface area contributed by atoms with Gasteiger partial charge in [0.1, 0.15) is 23.0 Å². The molecule has 2 unspecified atom stereocenters. The van der Waals surface area contributed by atoms with Gasteiger partial charge in [0.15, 0.2) is 6.67 Å². The third-order valence-corrected chi connectivity index (χ3v) is 6.82. The monoisotopic (exact) mass is 577 g/mol. The number of morpholine rings is 1. The maximum Gasteiger partial charge on any atom is 0.266 e. The summed E-state index contributed by atoms with van der Waals surface area (Å²) in [5.41, 5.74) is 7.53. The van der Waals surface area contributed by atoms with Crippen molar-refractivity contribution in [3.63, 3.8) is 0 Å². The van der Waals surface area contributed by atoms with Gasteiger partial charge in [-0.05, 0) is 60.8 Å². The summed E-state index contributed by atoms with van der Waals surface area (Å²) in [4.78, 5) is 6.99. The van der Waals surface area contributed by atoms with Crippen LogP contribution in [0.1, 0.15) is 57.0 Å². The van der Waals surface area contributed by atoms with E-state index < -0.39 is 5.72 Å². The minimum Gasteiger partial charge on any atom is -0.626 e. The number of aryl methyl sites for hydroxylation is 1. The second-order valence-electron chi connectivity index (χ2n) is 11.7. The van der Waals surface area contributed by atoms with E-state index in [0.717, 1.165) is 56.3 Å². The summed E-state index contributed by atoms with van der Waals surface area (Å²) in [6, 6.07) is 9.27. The summed E-state index contributed by atoms with van der Waals surface area (Å²) < 4.78 is 18.5. The third kappa shape index (κ3) is 9.52. The molecule has 0 saturated carbocycles. The van der Waals surface area contributed by atoms with E-state index in [0.29, 0.717) is 23.9 Å². The van der Waals surface area contributed by atoms with Gasteiger partial charge in [-0.2, -0.15) is 0 Å². The highest BCUT2D eigenvalue weighted by atomic mass is 16.5. The molecule has 4 rings (SSSR count). The number of nitrogens with one attached hydrogen (secondary N) is 2. The number of nitrogens with two attached hydrogens (primary N) is 1. The zero-order chi connectivity index (χ0) is 30.2. The van der Waals surface area contributed by atoms with Gasteiger partial charge in [-0.1, -0.05) is 26.7 Å². The summed E-state index contributed by atoms with van der Waals surface area (Å²) in [6.45, 7) is 13.1. The van der Waals surface area contributed by atoms with Crippen LogP contribution in [0.4, 0.5) is 11.5 Å². The zero-order valence-electron chi connectivity index (χ0n) is 25.3. The van der Waals surface area contributed by atoms with Crippen LogP contribution < -0.4 is 16.1 Å². The van der Waals surface area contributed by atoms with E-state index in [-0.39, 0.29) is 17.1 Å². The van der Waals surface area contributed by atoms with Crippen molar-refractivity contribution < 1.29 is 19.1 Å². The lowest BCUT2D eigenvalue weighted by Gasteiger charge is -2.27. The molecule has 11 heteroatoms. The zero-order valence-corrected chi connectivity index (χ0v) is 25.3. The largest absolute Gasteiger partial charge is 0.626 e. The molecule has 1 saturated heterocycles. The Bertz CT molecular complexity index is 1370. The van der Waals surface area contributed by atoms with Gasteiger partial charge >= 0.3 is 0 Å². The second-order valence-corrected chi connectivity index (χ2v) is 11.7. The molecule has 2 aromatic heterocycles. The summed E-state index contributed by atoms with van der Waals surface area (Å²) in [5.74, 6) is 7.99. The fourth-order valence-corrected chi connectivity index (χ4v) is 4.23.